The van der Waals surface area contributed by atoms with E-state index in [1.807, 2.05) is 12.4 Å². The molecule has 0 amide bonds. The van der Waals surface area contributed by atoms with Crippen LogP contribution in [0.25, 0.3) is 0 Å². The van der Waals surface area contributed by atoms with Crippen LogP contribution in [0.2, 0.25) is 0 Å². The second kappa shape index (κ2) is 2.11. The minimum Gasteiger partial charge on any atom is -0.365 e. The van der Waals surface area contributed by atoms with E-state index in [2.05, 4.69) is 23.0 Å². The van der Waals surface area contributed by atoms with Gasteiger partial charge in [0.25, 0.3) is 0 Å². The Morgan fingerprint density at radius 2 is 2.30 bits per heavy atom. The molecule has 2 heteroatoms. The van der Waals surface area contributed by atoms with Gasteiger partial charge in [-0.15, -0.1) is 0 Å². The van der Waals surface area contributed by atoms with E-state index in [1.165, 1.54) is 12.8 Å². The topological polar surface area (TPSA) is 15.6 Å². The Hall–Kier alpha value is -0.790. The third-order valence-corrected chi connectivity index (χ3v) is 2.07. The first-order valence-electron chi connectivity index (χ1n) is 3.85. The number of aliphatic imine (C=N–C) groups is 1. The van der Waals surface area contributed by atoms with E-state index >= 15 is 0 Å². The average molecular weight is 136 g/mol. The molecular formula is C8H12N2. The molecule has 0 spiro atoms. The number of hydrogen-bond acceptors (Lipinski definition) is 2. The van der Waals surface area contributed by atoms with Crippen LogP contribution in [0, 0.1) is 0 Å². The molecule has 0 aromatic carbocycles. The summed E-state index contributed by atoms with van der Waals surface area (Å²) < 4.78 is 0. The molecular weight excluding hydrogens is 124 g/mol. The minimum absolute atomic E-state index is 0.512. The lowest BCUT2D eigenvalue weighted by molar-refractivity contribution is 0.341. The standard InChI is InChI=1S/C8H12N2/c1-7-6-9-4-5-10(7)8-2-3-8/h4-8H,2-3H2,1H3. The molecule has 0 radical (unpaired) electrons. The van der Waals surface area contributed by atoms with Crippen LogP contribution in [-0.2, 0) is 0 Å². The Morgan fingerprint density at radius 3 is 2.90 bits per heavy atom. The zero-order valence-electron chi connectivity index (χ0n) is 6.20. The maximum Gasteiger partial charge on any atom is 0.0614 e. The van der Waals surface area contributed by atoms with E-state index in [0.29, 0.717) is 6.04 Å². The fraction of sp³-hybridized carbons (Fsp3) is 0.625. The van der Waals surface area contributed by atoms with Gasteiger partial charge in [0.05, 0.1) is 6.04 Å². The van der Waals surface area contributed by atoms with Gasteiger partial charge in [-0.2, -0.15) is 0 Å². The lowest BCUT2D eigenvalue weighted by Gasteiger charge is -2.26. The highest BCUT2D eigenvalue weighted by Crippen LogP contribution is 2.29. The molecule has 2 nitrogen and oxygen atoms in total. The van der Waals surface area contributed by atoms with Crippen LogP contribution in [0.3, 0.4) is 0 Å². The fourth-order valence-corrected chi connectivity index (χ4v) is 1.33. The van der Waals surface area contributed by atoms with Gasteiger partial charge in [-0.1, -0.05) is 0 Å². The molecule has 0 saturated heterocycles. The number of hydrogen-bond donors (Lipinski definition) is 0. The third-order valence-electron chi connectivity index (χ3n) is 2.07. The summed E-state index contributed by atoms with van der Waals surface area (Å²) >= 11 is 0. The van der Waals surface area contributed by atoms with Crippen molar-refractivity contribution in [2.45, 2.75) is 31.8 Å². The van der Waals surface area contributed by atoms with E-state index in [9.17, 15) is 0 Å². The van der Waals surface area contributed by atoms with E-state index in [0.717, 1.165) is 6.04 Å². The van der Waals surface area contributed by atoms with Crippen LogP contribution in [-0.4, -0.2) is 23.2 Å². The van der Waals surface area contributed by atoms with Crippen LogP contribution in [0.5, 0.6) is 0 Å². The summed E-state index contributed by atoms with van der Waals surface area (Å²) in [7, 11) is 0. The van der Waals surface area contributed by atoms with Gasteiger partial charge >= 0.3 is 0 Å². The summed E-state index contributed by atoms with van der Waals surface area (Å²) in [6.45, 7) is 2.19. The summed E-state index contributed by atoms with van der Waals surface area (Å²) in [5.41, 5.74) is 0. The first kappa shape index (κ1) is 5.96. The Morgan fingerprint density at radius 1 is 1.50 bits per heavy atom. The molecule has 1 saturated carbocycles. The van der Waals surface area contributed by atoms with E-state index < -0.39 is 0 Å². The second-order valence-corrected chi connectivity index (χ2v) is 3.02. The summed E-state index contributed by atoms with van der Waals surface area (Å²) in [4.78, 5) is 6.45. The first-order valence-corrected chi connectivity index (χ1v) is 3.85. The highest BCUT2D eigenvalue weighted by Gasteiger charge is 2.29. The monoisotopic (exact) mass is 136 g/mol. The zero-order valence-corrected chi connectivity index (χ0v) is 6.20. The predicted octanol–water partition coefficient (Wildman–Crippen LogP) is 1.39. The third kappa shape index (κ3) is 0.939. The van der Waals surface area contributed by atoms with Crippen molar-refractivity contribution in [2.24, 2.45) is 4.99 Å². The van der Waals surface area contributed by atoms with Crippen molar-refractivity contribution >= 4 is 6.21 Å². The van der Waals surface area contributed by atoms with Crippen LogP contribution in [0.1, 0.15) is 19.8 Å². The van der Waals surface area contributed by atoms with E-state index in [-0.39, 0.29) is 0 Å². The highest BCUT2D eigenvalue weighted by atomic mass is 15.2. The molecule has 10 heavy (non-hydrogen) atoms. The van der Waals surface area contributed by atoms with Crippen LogP contribution >= 0.6 is 0 Å². The molecule has 0 bridgehead atoms. The maximum absolute atomic E-state index is 4.07. The normalized spacial score (nSPS) is 31.3. The molecule has 1 heterocycles. The van der Waals surface area contributed by atoms with Crippen molar-refractivity contribution in [3.05, 3.63) is 12.4 Å². The van der Waals surface area contributed by atoms with Crippen molar-refractivity contribution < 1.29 is 0 Å². The van der Waals surface area contributed by atoms with E-state index in [1.54, 1.807) is 0 Å². The molecule has 2 rings (SSSR count). The van der Waals surface area contributed by atoms with Gasteiger partial charge in [0.2, 0.25) is 0 Å². The SMILES string of the molecule is CC1C=NC=CN1C1CC1. The van der Waals surface area contributed by atoms with Gasteiger partial charge in [0.15, 0.2) is 0 Å². The number of nitrogens with zero attached hydrogens (tertiary/aromatic N) is 2. The average Bonchev–Trinajstić information content (AvgIpc) is 2.71. The molecule has 2 aliphatic rings. The van der Waals surface area contributed by atoms with Crippen molar-refractivity contribution in [3.63, 3.8) is 0 Å². The van der Waals surface area contributed by atoms with Gasteiger partial charge in [-0.05, 0) is 19.8 Å². The predicted molar refractivity (Wildman–Crippen MR) is 42.0 cm³/mol. The first-order chi connectivity index (χ1) is 4.88. The van der Waals surface area contributed by atoms with Crippen molar-refractivity contribution in [3.8, 4) is 0 Å². The molecule has 1 atom stereocenters. The minimum atomic E-state index is 0.512. The lowest BCUT2D eigenvalue weighted by Crippen LogP contribution is -2.32. The van der Waals surface area contributed by atoms with Gasteiger partial charge in [-0.25, -0.2) is 0 Å². The summed E-state index contributed by atoms with van der Waals surface area (Å²) in [5, 5.41) is 0. The molecule has 1 aliphatic heterocycles. The van der Waals surface area contributed by atoms with Gasteiger partial charge in [0.1, 0.15) is 0 Å². The Bertz CT molecular complexity index is 180. The van der Waals surface area contributed by atoms with Gasteiger partial charge in [0, 0.05) is 24.7 Å². The van der Waals surface area contributed by atoms with Gasteiger partial charge in [-0.3, -0.25) is 4.99 Å². The Kier molecular flexibility index (Phi) is 1.26. The smallest absolute Gasteiger partial charge is 0.0614 e. The van der Waals surface area contributed by atoms with Crippen molar-refractivity contribution in [1.29, 1.82) is 0 Å². The highest BCUT2D eigenvalue weighted by molar-refractivity contribution is 5.66. The maximum atomic E-state index is 4.07. The molecule has 1 unspecified atom stereocenters. The summed E-state index contributed by atoms with van der Waals surface area (Å²) in [5.74, 6) is 0. The molecule has 54 valence electrons. The molecule has 1 aliphatic carbocycles. The Labute approximate surface area is 61.2 Å². The summed E-state index contributed by atoms with van der Waals surface area (Å²) in [6, 6.07) is 1.33. The largest absolute Gasteiger partial charge is 0.365 e. The summed E-state index contributed by atoms with van der Waals surface area (Å²) in [6.07, 6.45) is 8.70. The fourth-order valence-electron chi connectivity index (χ4n) is 1.33. The van der Waals surface area contributed by atoms with Crippen molar-refractivity contribution in [1.82, 2.24) is 4.90 Å². The molecule has 1 fully saturated rings. The quantitative estimate of drug-likeness (QED) is 0.532. The van der Waals surface area contributed by atoms with Crippen LogP contribution < -0.4 is 0 Å². The number of rotatable bonds is 1. The second-order valence-electron chi connectivity index (χ2n) is 3.02. The van der Waals surface area contributed by atoms with Gasteiger partial charge < -0.3 is 4.90 Å². The molecule has 0 aromatic rings. The zero-order chi connectivity index (χ0) is 6.97. The van der Waals surface area contributed by atoms with Crippen LogP contribution in [0.4, 0.5) is 0 Å². The lowest BCUT2D eigenvalue weighted by atomic mass is 10.3. The Balaban J connectivity index is 2.06. The molecule has 0 aromatic heterocycles. The van der Waals surface area contributed by atoms with Crippen molar-refractivity contribution in [2.75, 3.05) is 0 Å². The van der Waals surface area contributed by atoms with E-state index in [4.69, 9.17) is 0 Å². The van der Waals surface area contributed by atoms with Crippen LogP contribution in [0.15, 0.2) is 17.4 Å². The molecule has 0 N–H and O–H groups in total.